The lowest BCUT2D eigenvalue weighted by molar-refractivity contribution is 0.696. The van der Waals surface area contributed by atoms with Gasteiger partial charge < -0.3 is 10.6 Å². The molecule has 0 spiro atoms. The summed E-state index contributed by atoms with van der Waals surface area (Å²) in [4.78, 5) is 10.4. The maximum atomic E-state index is 8.77. The van der Waals surface area contributed by atoms with E-state index < -0.39 is 0 Å². The number of aromatic nitrogens is 2. The minimum Gasteiger partial charge on any atom is -0.368 e. The van der Waals surface area contributed by atoms with Gasteiger partial charge in [0.25, 0.3) is 0 Å². The van der Waals surface area contributed by atoms with Crippen LogP contribution < -0.4 is 10.6 Å². The van der Waals surface area contributed by atoms with E-state index in [0.29, 0.717) is 6.42 Å². The fraction of sp³-hybridized carbons (Fsp3) is 0.308. The fourth-order valence-electron chi connectivity index (χ4n) is 1.82. The van der Waals surface area contributed by atoms with Gasteiger partial charge in [0.1, 0.15) is 5.82 Å². The molecule has 0 saturated carbocycles. The van der Waals surface area contributed by atoms with E-state index >= 15 is 0 Å². The molecule has 1 aromatic carbocycles. The Morgan fingerprint density at radius 2 is 2.11 bits per heavy atom. The molecule has 5 heteroatoms. The highest BCUT2D eigenvalue weighted by Gasteiger charge is 2.15. The summed E-state index contributed by atoms with van der Waals surface area (Å²) in [5.41, 5.74) is 6.54. The molecule has 0 radical (unpaired) electrons. The van der Waals surface area contributed by atoms with Crippen molar-refractivity contribution < 1.29 is 0 Å². The third kappa shape index (κ3) is 2.18. The van der Waals surface area contributed by atoms with Crippen LogP contribution in [0.2, 0.25) is 0 Å². The Bertz CT molecular complexity index is 602. The SMILES string of the molecule is CC(CC#N)N(C)c1nc(N)nc2ccccc12. The van der Waals surface area contributed by atoms with Crippen LogP contribution in [0.3, 0.4) is 0 Å². The quantitative estimate of drug-likeness (QED) is 0.888. The fourth-order valence-corrected chi connectivity index (χ4v) is 1.82. The van der Waals surface area contributed by atoms with Gasteiger partial charge in [0, 0.05) is 18.5 Å². The van der Waals surface area contributed by atoms with E-state index in [0.717, 1.165) is 16.7 Å². The minimum absolute atomic E-state index is 0.0766. The molecule has 0 fully saturated rings. The standard InChI is InChI=1S/C13H15N5/c1-9(7-8-14)18(2)12-10-5-3-4-6-11(10)16-13(15)17-12/h3-6,9H,7H2,1-2H3,(H2,15,16,17). The molecule has 1 atom stereocenters. The lowest BCUT2D eigenvalue weighted by atomic mass is 10.2. The number of rotatable bonds is 3. The van der Waals surface area contributed by atoms with Crippen LogP contribution in [0.4, 0.5) is 11.8 Å². The highest BCUT2D eigenvalue weighted by Crippen LogP contribution is 2.25. The van der Waals surface area contributed by atoms with Crippen LogP contribution in [-0.2, 0) is 0 Å². The number of hydrogen-bond donors (Lipinski definition) is 1. The molecule has 1 aromatic heterocycles. The van der Waals surface area contributed by atoms with E-state index in [4.69, 9.17) is 11.0 Å². The topological polar surface area (TPSA) is 78.8 Å². The molecule has 18 heavy (non-hydrogen) atoms. The zero-order valence-corrected chi connectivity index (χ0v) is 10.5. The van der Waals surface area contributed by atoms with Crippen molar-refractivity contribution in [2.75, 3.05) is 17.7 Å². The lowest BCUT2D eigenvalue weighted by Crippen LogP contribution is -2.29. The van der Waals surface area contributed by atoms with Crippen molar-refractivity contribution in [3.05, 3.63) is 24.3 Å². The Morgan fingerprint density at radius 1 is 1.39 bits per heavy atom. The summed E-state index contributed by atoms with van der Waals surface area (Å²) in [5, 5.41) is 9.71. The maximum Gasteiger partial charge on any atom is 0.222 e. The molecule has 5 nitrogen and oxygen atoms in total. The van der Waals surface area contributed by atoms with Crippen LogP contribution in [0, 0.1) is 11.3 Å². The third-order valence-electron chi connectivity index (χ3n) is 2.98. The van der Waals surface area contributed by atoms with Crippen molar-refractivity contribution in [1.82, 2.24) is 9.97 Å². The Balaban J connectivity index is 2.53. The monoisotopic (exact) mass is 241 g/mol. The molecule has 0 aliphatic rings. The first-order valence-corrected chi connectivity index (χ1v) is 5.75. The van der Waals surface area contributed by atoms with Crippen molar-refractivity contribution >= 4 is 22.7 Å². The van der Waals surface area contributed by atoms with Gasteiger partial charge in [-0.2, -0.15) is 10.2 Å². The van der Waals surface area contributed by atoms with Crippen molar-refractivity contribution in [3.63, 3.8) is 0 Å². The molecule has 2 rings (SSSR count). The van der Waals surface area contributed by atoms with E-state index in [9.17, 15) is 0 Å². The molecule has 0 aliphatic carbocycles. The van der Waals surface area contributed by atoms with Gasteiger partial charge in [-0.05, 0) is 19.1 Å². The summed E-state index contributed by atoms with van der Waals surface area (Å²) in [7, 11) is 1.91. The summed E-state index contributed by atoms with van der Waals surface area (Å²) in [5.74, 6) is 1.01. The van der Waals surface area contributed by atoms with Gasteiger partial charge in [-0.15, -0.1) is 0 Å². The van der Waals surface area contributed by atoms with E-state index in [1.807, 2.05) is 43.1 Å². The average molecular weight is 241 g/mol. The number of nitrogens with zero attached hydrogens (tertiary/aromatic N) is 4. The second-order valence-corrected chi connectivity index (χ2v) is 4.24. The number of para-hydroxylation sites is 1. The van der Waals surface area contributed by atoms with Gasteiger partial charge in [0.05, 0.1) is 18.0 Å². The normalized spacial score (nSPS) is 12.1. The summed E-state index contributed by atoms with van der Waals surface area (Å²) in [6.07, 6.45) is 0.439. The van der Waals surface area contributed by atoms with Gasteiger partial charge in [0.15, 0.2) is 0 Å². The van der Waals surface area contributed by atoms with Gasteiger partial charge in [0.2, 0.25) is 5.95 Å². The van der Waals surface area contributed by atoms with Crippen molar-refractivity contribution in [3.8, 4) is 6.07 Å². The highest BCUT2D eigenvalue weighted by atomic mass is 15.2. The predicted molar refractivity (Wildman–Crippen MR) is 72.0 cm³/mol. The average Bonchev–Trinajstić information content (AvgIpc) is 2.37. The Hall–Kier alpha value is -2.35. The summed E-state index contributed by atoms with van der Waals surface area (Å²) in [6, 6.07) is 9.95. The molecule has 1 heterocycles. The second-order valence-electron chi connectivity index (χ2n) is 4.24. The molecule has 0 amide bonds. The molecule has 1 unspecified atom stereocenters. The molecular formula is C13H15N5. The number of anilines is 2. The molecular weight excluding hydrogens is 226 g/mol. The van der Waals surface area contributed by atoms with Gasteiger partial charge in [-0.1, -0.05) is 12.1 Å². The third-order valence-corrected chi connectivity index (χ3v) is 2.98. The highest BCUT2D eigenvalue weighted by molar-refractivity contribution is 5.90. The van der Waals surface area contributed by atoms with E-state index in [1.165, 1.54) is 0 Å². The number of benzene rings is 1. The molecule has 2 N–H and O–H groups in total. The van der Waals surface area contributed by atoms with Crippen molar-refractivity contribution in [1.29, 1.82) is 5.26 Å². The van der Waals surface area contributed by atoms with Crippen LogP contribution in [-0.4, -0.2) is 23.1 Å². The Morgan fingerprint density at radius 3 is 2.83 bits per heavy atom. The van der Waals surface area contributed by atoms with Crippen molar-refractivity contribution in [2.24, 2.45) is 0 Å². The smallest absolute Gasteiger partial charge is 0.222 e. The maximum absolute atomic E-state index is 8.77. The van der Waals surface area contributed by atoms with Crippen LogP contribution >= 0.6 is 0 Å². The molecule has 0 saturated heterocycles. The summed E-state index contributed by atoms with van der Waals surface area (Å²) >= 11 is 0. The van der Waals surface area contributed by atoms with Crippen LogP contribution in [0.1, 0.15) is 13.3 Å². The largest absolute Gasteiger partial charge is 0.368 e. The number of nitriles is 1. The molecule has 0 bridgehead atoms. The van der Waals surface area contributed by atoms with E-state index in [1.54, 1.807) is 0 Å². The molecule has 0 aliphatic heterocycles. The van der Waals surface area contributed by atoms with Gasteiger partial charge >= 0.3 is 0 Å². The molecule has 2 aromatic rings. The Labute approximate surface area is 106 Å². The van der Waals surface area contributed by atoms with Crippen LogP contribution in [0.25, 0.3) is 10.9 Å². The van der Waals surface area contributed by atoms with Crippen molar-refractivity contribution in [2.45, 2.75) is 19.4 Å². The molecule has 92 valence electrons. The second kappa shape index (κ2) is 4.88. The number of fused-ring (bicyclic) bond motifs is 1. The first-order valence-electron chi connectivity index (χ1n) is 5.75. The summed E-state index contributed by atoms with van der Waals surface area (Å²) in [6.45, 7) is 1.98. The van der Waals surface area contributed by atoms with Crippen LogP contribution in [0.5, 0.6) is 0 Å². The lowest BCUT2D eigenvalue weighted by Gasteiger charge is -2.25. The van der Waals surface area contributed by atoms with E-state index in [2.05, 4.69) is 16.0 Å². The predicted octanol–water partition coefficient (Wildman–Crippen LogP) is 1.95. The van der Waals surface area contributed by atoms with Gasteiger partial charge in [-0.3, -0.25) is 0 Å². The zero-order valence-electron chi connectivity index (χ0n) is 10.5. The zero-order chi connectivity index (χ0) is 13.1. The number of nitrogen functional groups attached to an aromatic ring is 1. The summed E-state index contributed by atoms with van der Waals surface area (Å²) < 4.78 is 0. The van der Waals surface area contributed by atoms with Gasteiger partial charge in [-0.25, -0.2) is 4.98 Å². The number of nitrogens with two attached hydrogens (primary N) is 1. The van der Waals surface area contributed by atoms with E-state index in [-0.39, 0.29) is 12.0 Å². The number of hydrogen-bond acceptors (Lipinski definition) is 5. The first-order chi connectivity index (χ1) is 8.63. The van der Waals surface area contributed by atoms with Crippen LogP contribution in [0.15, 0.2) is 24.3 Å². The first kappa shape index (κ1) is 12.1. The Kier molecular flexibility index (Phi) is 3.28. The minimum atomic E-state index is 0.0766.